The third-order valence-electron chi connectivity index (χ3n) is 2.97. The first-order valence-corrected chi connectivity index (χ1v) is 6.07. The van der Waals surface area contributed by atoms with E-state index < -0.39 is 5.97 Å². The van der Waals surface area contributed by atoms with Crippen molar-refractivity contribution in [3.05, 3.63) is 23.4 Å². The predicted octanol–water partition coefficient (Wildman–Crippen LogP) is 1.84. The number of anilines is 1. The molecule has 18 heavy (non-hydrogen) atoms. The molecule has 0 bridgehead atoms. The molecule has 0 amide bonds. The molecular weight excluding hydrogens is 230 g/mol. The molecule has 0 spiro atoms. The van der Waals surface area contributed by atoms with Gasteiger partial charge in [0.15, 0.2) is 0 Å². The lowest BCUT2D eigenvalue weighted by Gasteiger charge is -2.21. The Morgan fingerprint density at radius 1 is 1.50 bits per heavy atom. The minimum absolute atomic E-state index is 0.250. The average Bonchev–Trinajstić information content (AvgIpc) is 2.28. The summed E-state index contributed by atoms with van der Waals surface area (Å²) in [5.74, 6) is -0.222. The number of hydrogen-bond donors (Lipinski definition) is 2. The van der Waals surface area contributed by atoms with Crippen LogP contribution in [0.5, 0.6) is 0 Å². The normalized spacial score (nSPS) is 11.0. The Morgan fingerprint density at radius 2 is 2.17 bits per heavy atom. The highest BCUT2D eigenvalue weighted by Gasteiger charge is 2.08. The molecule has 0 atom stereocenters. The molecule has 1 rings (SSSR count). The van der Waals surface area contributed by atoms with Crippen LogP contribution < -0.4 is 5.32 Å². The molecule has 1 heterocycles. The Balaban J connectivity index is 2.54. The van der Waals surface area contributed by atoms with Crippen molar-refractivity contribution in [2.75, 3.05) is 25.5 Å². The highest BCUT2D eigenvalue weighted by atomic mass is 16.4. The number of nitrogens with zero attached hydrogens (tertiary/aromatic N) is 2. The molecule has 5 nitrogen and oxygen atoms in total. The van der Waals surface area contributed by atoms with Crippen LogP contribution in [0, 0.1) is 6.92 Å². The number of aromatic carboxylic acids is 1. The second kappa shape index (κ2) is 6.35. The number of aromatic nitrogens is 1. The summed E-state index contributed by atoms with van der Waals surface area (Å²) in [6.45, 7) is 7.69. The summed E-state index contributed by atoms with van der Waals surface area (Å²) in [5, 5.41) is 12.1. The van der Waals surface area contributed by atoms with Gasteiger partial charge in [-0.2, -0.15) is 0 Å². The molecule has 0 saturated carbocycles. The van der Waals surface area contributed by atoms with Crippen molar-refractivity contribution in [3.63, 3.8) is 0 Å². The molecule has 100 valence electrons. The SMILES string of the molecule is Cc1nc(NCCN(C)C(C)C)ccc1C(=O)O. The molecule has 0 radical (unpaired) electrons. The smallest absolute Gasteiger partial charge is 0.337 e. The van der Waals surface area contributed by atoms with Crippen molar-refractivity contribution >= 4 is 11.8 Å². The van der Waals surface area contributed by atoms with E-state index in [1.54, 1.807) is 19.1 Å². The Labute approximate surface area is 108 Å². The molecule has 1 aromatic heterocycles. The summed E-state index contributed by atoms with van der Waals surface area (Å²) >= 11 is 0. The quantitative estimate of drug-likeness (QED) is 0.807. The molecule has 0 aromatic carbocycles. The van der Waals surface area contributed by atoms with E-state index in [0.717, 1.165) is 18.9 Å². The lowest BCUT2D eigenvalue weighted by atomic mass is 10.2. The van der Waals surface area contributed by atoms with Gasteiger partial charge in [0.25, 0.3) is 0 Å². The van der Waals surface area contributed by atoms with Crippen LogP contribution in [0.4, 0.5) is 5.82 Å². The molecule has 2 N–H and O–H groups in total. The first-order chi connectivity index (χ1) is 8.41. The Hall–Kier alpha value is -1.62. The van der Waals surface area contributed by atoms with Gasteiger partial charge in [0.05, 0.1) is 11.3 Å². The van der Waals surface area contributed by atoms with Crippen molar-refractivity contribution < 1.29 is 9.90 Å². The fourth-order valence-electron chi connectivity index (χ4n) is 1.50. The van der Waals surface area contributed by atoms with E-state index in [4.69, 9.17) is 5.11 Å². The van der Waals surface area contributed by atoms with E-state index in [0.29, 0.717) is 11.7 Å². The van der Waals surface area contributed by atoms with Gasteiger partial charge >= 0.3 is 5.97 Å². The Bertz CT molecular complexity index is 419. The van der Waals surface area contributed by atoms with E-state index in [2.05, 4.69) is 36.1 Å². The number of likely N-dealkylation sites (N-methyl/N-ethyl adjacent to an activating group) is 1. The summed E-state index contributed by atoms with van der Waals surface area (Å²) in [5.41, 5.74) is 0.782. The zero-order valence-corrected chi connectivity index (χ0v) is 11.4. The standard InChI is InChI=1S/C13H21N3O2/c1-9(2)16(4)8-7-14-12-6-5-11(13(17)18)10(3)15-12/h5-6,9H,7-8H2,1-4H3,(H,14,15)(H,17,18). The Morgan fingerprint density at radius 3 is 2.67 bits per heavy atom. The van der Waals surface area contributed by atoms with Crippen molar-refractivity contribution in [2.24, 2.45) is 0 Å². The number of carboxylic acid groups (broad SMARTS) is 1. The monoisotopic (exact) mass is 251 g/mol. The molecular formula is C13H21N3O2. The van der Waals surface area contributed by atoms with Crippen LogP contribution in [0.3, 0.4) is 0 Å². The van der Waals surface area contributed by atoms with Gasteiger partial charge in [-0.15, -0.1) is 0 Å². The molecule has 0 aliphatic heterocycles. The van der Waals surface area contributed by atoms with E-state index in [1.807, 2.05) is 0 Å². The van der Waals surface area contributed by atoms with Gasteiger partial charge in [0.2, 0.25) is 0 Å². The number of rotatable bonds is 6. The molecule has 0 fully saturated rings. The fraction of sp³-hybridized carbons (Fsp3) is 0.538. The minimum atomic E-state index is -0.939. The molecule has 1 aromatic rings. The molecule has 0 aliphatic rings. The zero-order chi connectivity index (χ0) is 13.7. The number of carboxylic acids is 1. The van der Waals surface area contributed by atoms with Gasteiger partial charge in [-0.05, 0) is 40.0 Å². The second-order valence-electron chi connectivity index (χ2n) is 4.64. The van der Waals surface area contributed by atoms with Crippen LogP contribution in [0.15, 0.2) is 12.1 Å². The van der Waals surface area contributed by atoms with Crippen LogP contribution in [0.1, 0.15) is 29.9 Å². The minimum Gasteiger partial charge on any atom is -0.478 e. The maximum Gasteiger partial charge on any atom is 0.337 e. The van der Waals surface area contributed by atoms with Crippen molar-refractivity contribution in [1.82, 2.24) is 9.88 Å². The van der Waals surface area contributed by atoms with E-state index in [1.165, 1.54) is 0 Å². The van der Waals surface area contributed by atoms with E-state index >= 15 is 0 Å². The number of aryl methyl sites for hydroxylation is 1. The van der Waals surface area contributed by atoms with Gasteiger partial charge < -0.3 is 15.3 Å². The third-order valence-corrected chi connectivity index (χ3v) is 2.97. The lowest BCUT2D eigenvalue weighted by molar-refractivity contribution is 0.0695. The van der Waals surface area contributed by atoms with Crippen molar-refractivity contribution in [1.29, 1.82) is 0 Å². The summed E-state index contributed by atoms with van der Waals surface area (Å²) in [4.78, 5) is 17.3. The van der Waals surface area contributed by atoms with Crippen LogP contribution in [0.25, 0.3) is 0 Å². The third kappa shape index (κ3) is 4.00. The topological polar surface area (TPSA) is 65.5 Å². The van der Waals surface area contributed by atoms with E-state index in [9.17, 15) is 4.79 Å². The number of hydrogen-bond acceptors (Lipinski definition) is 4. The van der Waals surface area contributed by atoms with E-state index in [-0.39, 0.29) is 5.56 Å². The van der Waals surface area contributed by atoms with Gasteiger partial charge in [-0.1, -0.05) is 0 Å². The molecule has 0 saturated heterocycles. The maximum atomic E-state index is 10.8. The van der Waals surface area contributed by atoms with Gasteiger partial charge in [0.1, 0.15) is 5.82 Å². The number of pyridine rings is 1. The van der Waals surface area contributed by atoms with Crippen LogP contribution >= 0.6 is 0 Å². The number of carbonyl (C=O) groups is 1. The summed E-state index contributed by atoms with van der Waals surface area (Å²) in [6.07, 6.45) is 0. The van der Waals surface area contributed by atoms with Crippen molar-refractivity contribution in [2.45, 2.75) is 26.8 Å². The maximum absolute atomic E-state index is 10.8. The lowest BCUT2D eigenvalue weighted by Crippen LogP contribution is -2.31. The highest BCUT2D eigenvalue weighted by molar-refractivity contribution is 5.89. The summed E-state index contributed by atoms with van der Waals surface area (Å²) in [7, 11) is 2.07. The predicted molar refractivity (Wildman–Crippen MR) is 72.2 cm³/mol. The Kier molecular flexibility index (Phi) is 5.09. The van der Waals surface area contributed by atoms with Crippen molar-refractivity contribution in [3.8, 4) is 0 Å². The van der Waals surface area contributed by atoms with Crippen LogP contribution in [-0.4, -0.2) is 47.1 Å². The second-order valence-corrected chi connectivity index (χ2v) is 4.64. The van der Waals surface area contributed by atoms with Gasteiger partial charge in [-0.25, -0.2) is 9.78 Å². The largest absolute Gasteiger partial charge is 0.478 e. The molecule has 5 heteroatoms. The highest BCUT2D eigenvalue weighted by Crippen LogP contribution is 2.10. The van der Waals surface area contributed by atoms with Gasteiger partial charge in [0, 0.05) is 19.1 Å². The first kappa shape index (κ1) is 14.4. The summed E-state index contributed by atoms with van der Waals surface area (Å²) in [6, 6.07) is 3.79. The summed E-state index contributed by atoms with van der Waals surface area (Å²) < 4.78 is 0. The molecule has 0 unspecified atom stereocenters. The van der Waals surface area contributed by atoms with Crippen LogP contribution in [0.2, 0.25) is 0 Å². The average molecular weight is 251 g/mol. The zero-order valence-electron chi connectivity index (χ0n) is 11.4. The molecule has 0 aliphatic carbocycles. The first-order valence-electron chi connectivity index (χ1n) is 6.07. The number of nitrogens with one attached hydrogen (secondary N) is 1. The fourth-order valence-corrected chi connectivity index (χ4v) is 1.50. The van der Waals surface area contributed by atoms with Crippen LogP contribution in [-0.2, 0) is 0 Å². The van der Waals surface area contributed by atoms with Gasteiger partial charge in [-0.3, -0.25) is 0 Å².